The van der Waals surface area contributed by atoms with Crippen LogP contribution in [-0.4, -0.2) is 37.9 Å². The van der Waals surface area contributed by atoms with E-state index in [9.17, 15) is 4.79 Å². The highest BCUT2D eigenvalue weighted by atomic mass is 16.5. The molecule has 0 rings (SSSR count). The van der Waals surface area contributed by atoms with Crippen LogP contribution in [0.15, 0.2) is 0 Å². The van der Waals surface area contributed by atoms with Gasteiger partial charge >= 0.3 is 5.97 Å². The van der Waals surface area contributed by atoms with Crippen molar-refractivity contribution >= 4 is 5.97 Å². The largest absolute Gasteiger partial charge is 0.465 e. The second-order valence-electron chi connectivity index (χ2n) is 6.05. The lowest BCUT2D eigenvalue weighted by Gasteiger charge is -2.28. The summed E-state index contributed by atoms with van der Waals surface area (Å²) < 4.78 is 10.9. The van der Waals surface area contributed by atoms with Gasteiger partial charge in [0.25, 0.3) is 0 Å². The molecule has 0 amide bonds. The Hall–Kier alpha value is -0.610. The molecule has 0 fully saturated rings. The Bertz CT molecular complexity index is 271. The van der Waals surface area contributed by atoms with Crippen molar-refractivity contribution in [1.82, 2.24) is 5.32 Å². The summed E-state index contributed by atoms with van der Waals surface area (Å²) in [6, 6.07) is 0. The maximum Gasteiger partial charge on any atom is 0.326 e. The molecular formula is C17H35NO3. The molecule has 0 saturated heterocycles. The highest BCUT2D eigenvalue weighted by Crippen LogP contribution is 2.15. The van der Waals surface area contributed by atoms with Gasteiger partial charge in [-0.1, -0.05) is 27.2 Å². The van der Waals surface area contributed by atoms with Crippen molar-refractivity contribution < 1.29 is 14.3 Å². The molecule has 1 N–H and O–H groups in total. The third kappa shape index (κ3) is 9.10. The van der Waals surface area contributed by atoms with Crippen LogP contribution in [0.2, 0.25) is 0 Å². The van der Waals surface area contributed by atoms with Crippen molar-refractivity contribution in [2.75, 3.05) is 26.4 Å². The van der Waals surface area contributed by atoms with Crippen molar-refractivity contribution in [3.8, 4) is 0 Å². The minimum atomic E-state index is -0.593. The third-order valence-electron chi connectivity index (χ3n) is 3.64. The number of carbonyl (C=O) groups excluding carboxylic acids is 1. The van der Waals surface area contributed by atoms with E-state index in [-0.39, 0.29) is 5.97 Å². The minimum Gasteiger partial charge on any atom is -0.465 e. The fourth-order valence-corrected chi connectivity index (χ4v) is 2.34. The number of carbonyl (C=O) groups is 1. The predicted molar refractivity (Wildman–Crippen MR) is 87.5 cm³/mol. The molecule has 0 aromatic rings. The first-order chi connectivity index (χ1) is 10.00. The van der Waals surface area contributed by atoms with E-state index in [4.69, 9.17) is 9.47 Å². The second kappa shape index (κ2) is 12.0. The standard InChI is InChI=1S/C17H35NO3/c1-6-10-15(4)14-20-13-9-11-17(5,18-12-7-2)16(19)21-8-3/h15,18H,6-14H2,1-5H3. The SMILES string of the molecule is CCCNC(C)(CCCOCC(C)CCC)C(=O)OCC. The second-order valence-corrected chi connectivity index (χ2v) is 6.05. The van der Waals surface area contributed by atoms with Gasteiger partial charge in [-0.15, -0.1) is 0 Å². The average molecular weight is 301 g/mol. The molecule has 2 unspecified atom stereocenters. The van der Waals surface area contributed by atoms with E-state index in [1.54, 1.807) is 0 Å². The van der Waals surface area contributed by atoms with Crippen LogP contribution in [0.25, 0.3) is 0 Å². The van der Waals surface area contributed by atoms with Crippen molar-refractivity contribution in [1.29, 1.82) is 0 Å². The maximum absolute atomic E-state index is 12.1. The zero-order chi connectivity index (χ0) is 16.1. The van der Waals surface area contributed by atoms with E-state index in [1.807, 2.05) is 13.8 Å². The highest BCUT2D eigenvalue weighted by molar-refractivity contribution is 5.80. The Labute approximate surface area is 131 Å². The van der Waals surface area contributed by atoms with Crippen LogP contribution in [-0.2, 0) is 14.3 Å². The van der Waals surface area contributed by atoms with Crippen LogP contribution in [0.3, 0.4) is 0 Å². The zero-order valence-electron chi connectivity index (χ0n) is 14.7. The lowest BCUT2D eigenvalue weighted by Crippen LogP contribution is -2.50. The maximum atomic E-state index is 12.1. The van der Waals surface area contributed by atoms with Crippen molar-refractivity contribution in [3.05, 3.63) is 0 Å². The monoisotopic (exact) mass is 301 g/mol. The first-order valence-corrected chi connectivity index (χ1v) is 8.50. The van der Waals surface area contributed by atoms with Crippen molar-refractivity contribution in [2.45, 2.75) is 72.3 Å². The first-order valence-electron chi connectivity index (χ1n) is 8.50. The van der Waals surface area contributed by atoms with Crippen LogP contribution in [0, 0.1) is 5.92 Å². The Morgan fingerprint density at radius 3 is 2.52 bits per heavy atom. The summed E-state index contributed by atoms with van der Waals surface area (Å²) in [6.45, 7) is 13.0. The average Bonchev–Trinajstić information content (AvgIpc) is 2.45. The van der Waals surface area contributed by atoms with Gasteiger partial charge in [-0.05, 0) is 52.0 Å². The predicted octanol–water partition coefficient (Wildman–Crippen LogP) is 3.54. The number of esters is 1. The van der Waals surface area contributed by atoms with Crippen LogP contribution >= 0.6 is 0 Å². The summed E-state index contributed by atoms with van der Waals surface area (Å²) >= 11 is 0. The minimum absolute atomic E-state index is 0.155. The molecule has 0 spiro atoms. The van der Waals surface area contributed by atoms with E-state index in [0.29, 0.717) is 19.1 Å². The number of hydrogen-bond acceptors (Lipinski definition) is 4. The van der Waals surface area contributed by atoms with Crippen LogP contribution < -0.4 is 5.32 Å². The smallest absolute Gasteiger partial charge is 0.326 e. The van der Waals surface area contributed by atoms with Crippen molar-refractivity contribution in [3.63, 3.8) is 0 Å². The van der Waals surface area contributed by atoms with Gasteiger partial charge in [-0.2, -0.15) is 0 Å². The van der Waals surface area contributed by atoms with E-state index in [0.717, 1.165) is 32.4 Å². The van der Waals surface area contributed by atoms with E-state index in [2.05, 4.69) is 26.1 Å². The fourth-order valence-electron chi connectivity index (χ4n) is 2.34. The van der Waals surface area contributed by atoms with Gasteiger partial charge in [-0.25, -0.2) is 0 Å². The molecule has 0 aromatic carbocycles. The summed E-state index contributed by atoms with van der Waals surface area (Å²) in [6.07, 6.45) is 5.02. The van der Waals surface area contributed by atoms with E-state index < -0.39 is 5.54 Å². The Morgan fingerprint density at radius 1 is 1.24 bits per heavy atom. The number of rotatable bonds is 13. The lowest BCUT2D eigenvalue weighted by atomic mass is 9.95. The number of nitrogens with one attached hydrogen (secondary N) is 1. The lowest BCUT2D eigenvalue weighted by molar-refractivity contribution is -0.151. The Morgan fingerprint density at radius 2 is 1.95 bits per heavy atom. The van der Waals surface area contributed by atoms with Gasteiger partial charge in [0, 0.05) is 13.2 Å². The summed E-state index contributed by atoms with van der Waals surface area (Å²) in [5.41, 5.74) is -0.593. The van der Waals surface area contributed by atoms with Gasteiger partial charge in [0.05, 0.1) is 6.61 Å². The summed E-state index contributed by atoms with van der Waals surface area (Å²) in [5, 5.41) is 3.32. The molecule has 0 aliphatic rings. The normalized spacial score (nSPS) is 15.5. The number of hydrogen-bond donors (Lipinski definition) is 1. The van der Waals surface area contributed by atoms with Gasteiger partial charge in [0.15, 0.2) is 0 Å². The highest BCUT2D eigenvalue weighted by Gasteiger charge is 2.33. The topological polar surface area (TPSA) is 47.6 Å². The van der Waals surface area contributed by atoms with Gasteiger partial charge in [0.2, 0.25) is 0 Å². The van der Waals surface area contributed by atoms with Crippen LogP contribution in [0.1, 0.15) is 66.7 Å². The summed E-state index contributed by atoms with van der Waals surface area (Å²) in [4.78, 5) is 12.1. The molecule has 0 aliphatic heterocycles. The fraction of sp³-hybridized carbons (Fsp3) is 0.941. The molecule has 0 heterocycles. The molecule has 21 heavy (non-hydrogen) atoms. The molecule has 0 radical (unpaired) electrons. The Kier molecular flexibility index (Phi) is 11.6. The van der Waals surface area contributed by atoms with Gasteiger partial charge < -0.3 is 14.8 Å². The van der Waals surface area contributed by atoms with Crippen molar-refractivity contribution in [2.24, 2.45) is 5.92 Å². The molecule has 0 aliphatic carbocycles. The summed E-state index contributed by atoms with van der Waals surface area (Å²) in [7, 11) is 0. The van der Waals surface area contributed by atoms with Gasteiger partial charge in [0.1, 0.15) is 5.54 Å². The first kappa shape index (κ1) is 20.4. The molecular weight excluding hydrogens is 266 g/mol. The van der Waals surface area contributed by atoms with E-state index >= 15 is 0 Å². The van der Waals surface area contributed by atoms with E-state index in [1.165, 1.54) is 12.8 Å². The van der Waals surface area contributed by atoms with Crippen LogP contribution in [0.4, 0.5) is 0 Å². The molecule has 126 valence electrons. The Balaban J connectivity index is 4.09. The third-order valence-corrected chi connectivity index (χ3v) is 3.64. The van der Waals surface area contributed by atoms with Crippen LogP contribution in [0.5, 0.6) is 0 Å². The molecule has 4 nitrogen and oxygen atoms in total. The quantitative estimate of drug-likeness (QED) is 0.417. The number of ether oxygens (including phenoxy) is 2. The molecule has 2 atom stereocenters. The molecule has 0 bridgehead atoms. The molecule has 0 saturated carbocycles. The molecule has 0 aromatic heterocycles. The summed E-state index contributed by atoms with van der Waals surface area (Å²) in [5.74, 6) is 0.461. The van der Waals surface area contributed by atoms with Gasteiger partial charge in [-0.3, -0.25) is 4.79 Å². The molecule has 4 heteroatoms. The zero-order valence-corrected chi connectivity index (χ0v) is 14.7.